The minimum atomic E-state index is -0.755. The predicted octanol–water partition coefficient (Wildman–Crippen LogP) is 1.95. The van der Waals surface area contributed by atoms with Gasteiger partial charge in [0, 0.05) is 16.7 Å². The second kappa shape index (κ2) is 8.73. The van der Waals surface area contributed by atoms with E-state index in [1.165, 1.54) is 39.3 Å². The number of hydrogen-bond acceptors (Lipinski definition) is 10. The molecule has 2 aliphatic rings. The van der Waals surface area contributed by atoms with Crippen LogP contribution in [-0.4, -0.2) is 54.2 Å². The van der Waals surface area contributed by atoms with Gasteiger partial charge in [-0.25, -0.2) is 4.98 Å². The fourth-order valence-electron chi connectivity index (χ4n) is 3.35. The van der Waals surface area contributed by atoms with Crippen LogP contribution in [0.2, 0.25) is 0 Å². The SMILES string of the molecule is CC/C=C(\C(=O)N[C@@H]1C(=O)N2C(C(=O)S)=C(c3nnc(C)s3)CS[C@H]12)c1csc(N)n1. The number of β-lactam (4-membered cyclic amide) rings is 1. The summed E-state index contributed by atoms with van der Waals surface area (Å²) in [5.74, 6) is -0.313. The monoisotopic (exact) mass is 494 g/mol. The first-order chi connectivity index (χ1) is 14.8. The second-order valence-electron chi connectivity index (χ2n) is 6.72. The van der Waals surface area contributed by atoms with Crippen LogP contribution < -0.4 is 11.1 Å². The van der Waals surface area contributed by atoms with E-state index in [1.807, 2.05) is 13.8 Å². The lowest BCUT2D eigenvalue weighted by Crippen LogP contribution is -2.70. The van der Waals surface area contributed by atoms with E-state index in [4.69, 9.17) is 5.73 Å². The largest absolute Gasteiger partial charge is 0.375 e. The van der Waals surface area contributed by atoms with E-state index in [-0.39, 0.29) is 11.6 Å². The smallest absolute Gasteiger partial charge is 0.253 e. The topological polar surface area (TPSA) is 131 Å². The van der Waals surface area contributed by atoms with Gasteiger partial charge < -0.3 is 11.1 Å². The van der Waals surface area contributed by atoms with Crippen molar-refractivity contribution in [3.8, 4) is 0 Å². The number of thiol groups is 1. The number of carbonyl (C=O) groups is 3. The van der Waals surface area contributed by atoms with Crippen molar-refractivity contribution in [3.05, 3.63) is 32.9 Å². The van der Waals surface area contributed by atoms with Gasteiger partial charge >= 0.3 is 0 Å². The summed E-state index contributed by atoms with van der Waals surface area (Å²) in [4.78, 5) is 43.7. The number of aromatic nitrogens is 3. The van der Waals surface area contributed by atoms with Crippen molar-refractivity contribution >= 4 is 80.3 Å². The number of aryl methyl sites for hydroxylation is 1. The van der Waals surface area contributed by atoms with Crippen LogP contribution in [0.1, 0.15) is 29.1 Å². The molecule has 2 aliphatic heterocycles. The van der Waals surface area contributed by atoms with Crippen molar-refractivity contribution in [1.82, 2.24) is 25.4 Å². The maximum absolute atomic E-state index is 12.9. The number of hydrogen-bond donors (Lipinski definition) is 3. The van der Waals surface area contributed by atoms with Crippen LogP contribution in [0.15, 0.2) is 17.2 Å². The Balaban J connectivity index is 1.57. The molecule has 13 heteroatoms. The minimum absolute atomic E-state index is 0.204. The third-order valence-corrected chi connectivity index (χ3v) is 7.76. The summed E-state index contributed by atoms with van der Waals surface area (Å²) in [6.45, 7) is 3.72. The third kappa shape index (κ3) is 4.02. The lowest BCUT2D eigenvalue weighted by atomic mass is 10.0. The van der Waals surface area contributed by atoms with Crippen molar-refractivity contribution in [1.29, 1.82) is 0 Å². The Morgan fingerprint density at radius 3 is 2.77 bits per heavy atom. The molecule has 2 atom stereocenters. The lowest BCUT2D eigenvalue weighted by Gasteiger charge is -2.49. The van der Waals surface area contributed by atoms with Crippen LogP contribution in [0.3, 0.4) is 0 Å². The van der Waals surface area contributed by atoms with E-state index in [2.05, 4.69) is 33.1 Å². The summed E-state index contributed by atoms with van der Waals surface area (Å²) in [6, 6.07) is -0.755. The summed E-state index contributed by atoms with van der Waals surface area (Å²) in [7, 11) is 0. The number of amides is 2. The molecule has 1 saturated heterocycles. The molecule has 0 aromatic carbocycles. The first kappa shape index (κ1) is 22.0. The molecule has 0 unspecified atom stereocenters. The van der Waals surface area contributed by atoms with Crippen molar-refractivity contribution in [2.75, 3.05) is 11.5 Å². The average molecular weight is 495 g/mol. The number of nitrogen functional groups attached to an aromatic ring is 1. The van der Waals surface area contributed by atoms with Crippen LogP contribution in [0.4, 0.5) is 5.13 Å². The molecule has 2 aromatic rings. The number of carbonyl (C=O) groups excluding carboxylic acids is 3. The van der Waals surface area contributed by atoms with Crippen LogP contribution in [0, 0.1) is 6.92 Å². The second-order valence-corrected chi connectivity index (χ2v) is 10.3. The molecule has 9 nitrogen and oxygen atoms in total. The van der Waals surface area contributed by atoms with E-state index >= 15 is 0 Å². The highest BCUT2D eigenvalue weighted by atomic mass is 32.2. The molecule has 31 heavy (non-hydrogen) atoms. The van der Waals surface area contributed by atoms with Gasteiger partial charge in [0.15, 0.2) is 5.13 Å². The van der Waals surface area contributed by atoms with Crippen LogP contribution in [0.5, 0.6) is 0 Å². The molecular weight excluding hydrogens is 477 g/mol. The van der Waals surface area contributed by atoms with E-state index in [9.17, 15) is 14.4 Å². The Hall–Kier alpha value is -2.22. The number of nitrogens with two attached hydrogens (primary N) is 1. The Labute approximate surface area is 195 Å². The number of nitrogens with zero attached hydrogens (tertiary/aromatic N) is 4. The number of allylic oxidation sites excluding steroid dienone is 1. The minimum Gasteiger partial charge on any atom is -0.375 e. The highest BCUT2D eigenvalue weighted by molar-refractivity contribution is 8.00. The van der Waals surface area contributed by atoms with Gasteiger partial charge in [-0.3, -0.25) is 19.3 Å². The van der Waals surface area contributed by atoms with Gasteiger partial charge in [-0.05, 0) is 13.3 Å². The summed E-state index contributed by atoms with van der Waals surface area (Å²) in [5, 5.41) is 13.4. The maximum Gasteiger partial charge on any atom is 0.253 e. The van der Waals surface area contributed by atoms with Crippen molar-refractivity contribution in [3.63, 3.8) is 0 Å². The van der Waals surface area contributed by atoms with Crippen molar-refractivity contribution in [2.45, 2.75) is 31.7 Å². The molecule has 0 aliphatic carbocycles. The highest BCUT2D eigenvalue weighted by Gasteiger charge is 2.54. The normalized spacial score (nSPS) is 21.1. The zero-order chi connectivity index (χ0) is 22.3. The fraction of sp³-hybridized carbons (Fsp3) is 0.333. The summed E-state index contributed by atoms with van der Waals surface area (Å²) in [6.07, 6.45) is 2.37. The van der Waals surface area contributed by atoms with Gasteiger partial charge in [0.05, 0.1) is 11.3 Å². The average Bonchev–Trinajstić information content (AvgIpc) is 3.36. The molecule has 3 N–H and O–H groups in total. The highest BCUT2D eigenvalue weighted by Crippen LogP contribution is 2.44. The molecule has 2 amide bonds. The predicted molar refractivity (Wildman–Crippen MR) is 125 cm³/mol. The molecule has 4 rings (SSSR count). The number of thiazole rings is 1. The maximum atomic E-state index is 12.9. The lowest BCUT2D eigenvalue weighted by molar-refractivity contribution is -0.146. The molecule has 0 saturated carbocycles. The van der Waals surface area contributed by atoms with E-state index in [1.54, 1.807) is 11.5 Å². The van der Waals surface area contributed by atoms with Gasteiger partial charge in [-0.15, -0.1) is 33.3 Å². The quantitative estimate of drug-likeness (QED) is 0.315. The molecule has 0 spiro atoms. The van der Waals surface area contributed by atoms with Gasteiger partial charge in [0.2, 0.25) is 5.12 Å². The summed E-state index contributed by atoms with van der Waals surface area (Å²) < 4.78 is 0. The Morgan fingerprint density at radius 2 is 2.19 bits per heavy atom. The molecular formula is C18H18N6O3S4. The fourth-order valence-corrected chi connectivity index (χ4v) is 6.33. The number of nitrogens with one attached hydrogen (secondary N) is 1. The van der Waals surface area contributed by atoms with Crippen molar-refractivity contribution < 1.29 is 14.4 Å². The Kier molecular flexibility index (Phi) is 6.19. The summed E-state index contributed by atoms with van der Waals surface area (Å²) >= 11 is 8.03. The van der Waals surface area contributed by atoms with Crippen LogP contribution in [0.25, 0.3) is 11.1 Å². The number of anilines is 1. The van der Waals surface area contributed by atoms with Crippen LogP contribution in [-0.2, 0) is 14.4 Å². The number of fused-ring (bicyclic) bond motifs is 1. The Bertz CT molecular complexity index is 1140. The van der Waals surface area contributed by atoms with Gasteiger partial charge in [-0.1, -0.05) is 37.0 Å². The van der Waals surface area contributed by atoms with Gasteiger partial charge in [0.25, 0.3) is 11.8 Å². The Morgan fingerprint density at radius 1 is 1.42 bits per heavy atom. The van der Waals surface area contributed by atoms with Gasteiger partial charge in [-0.2, -0.15) is 0 Å². The first-order valence-corrected chi connectivity index (χ1v) is 12.4. The molecule has 0 bridgehead atoms. The zero-order valence-electron chi connectivity index (χ0n) is 16.5. The molecule has 4 heterocycles. The van der Waals surface area contributed by atoms with Crippen LogP contribution >= 0.6 is 47.1 Å². The summed E-state index contributed by atoms with van der Waals surface area (Å²) in [5.41, 5.74) is 7.38. The standard InChI is InChI=1S/C18H18N6O3S4/c1-3-4-8(10-6-30-18(19)20-10)13(25)21-11-15(26)24-12(17(27)28)9(5-29-16(11)24)14-23-22-7(2)31-14/h4,6,11,16H,3,5H2,1-2H3,(H2,19,20)(H,21,25)(H,27,28)/b8-4-/t11-,16-/m1/s1. The van der Waals surface area contributed by atoms with E-state index in [0.717, 1.165) is 5.01 Å². The first-order valence-electron chi connectivity index (χ1n) is 9.25. The third-order valence-electron chi connectivity index (χ3n) is 4.69. The van der Waals surface area contributed by atoms with E-state index < -0.39 is 22.4 Å². The molecule has 162 valence electrons. The van der Waals surface area contributed by atoms with Crippen molar-refractivity contribution in [2.24, 2.45) is 0 Å². The molecule has 1 fully saturated rings. The zero-order valence-corrected chi connectivity index (χ0v) is 19.8. The number of thioether (sulfide) groups is 1. The van der Waals surface area contributed by atoms with E-state index in [0.29, 0.717) is 39.2 Å². The van der Waals surface area contributed by atoms with Gasteiger partial charge in [0.1, 0.15) is 27.1 Å². The molecule has 2 aromatic heterocycles. The number of rotatable bonds is 6. The molecule has 0 radical (unpaired) electrons.